The van der Waals surface area contributed by atoms with E-state index in [0.717, 1.165) is 17.7 Å². The highest BCUT2D eigenvalue weighted by Crippen LogP contribution is 2.39. The number of rotatable bonds is 1. The van der Waals surface area contributed by atoms with Gasteiger partial charge in [0, 0.05) is 17.2 Å². The zero-order chi connectivity index (χ0) is 11.0. The summed E-state index contributed by atoms with van der Waals surface area (Å²) in [5.41, 5.74) is 8.03. The van der Waals surface area contributed by atoms with Gasteiger partial charge in [-0.05, 0) is 13.3 Å². The van der Waals surface area contributed by atoms with Gasteiger partial charge in [-0.3, -0.25) is 5.10 Å². The molecule has 78 valence electrons. The van der Waals surface area contributed by atoms with Gasteiger partial charge in [0.25, 0.3) is 0 Å². The molecule has 0 unspecified atom stereocenters. The topological polar surface area (TPSA) is 87.7 Å². The lowest BCUT2D eigenvalue weighted by molar-refractivity contribution is 0.372. The fourth-order valence-electron chi connectivity index (χ4n) is 1.92. The molecule has 1 aliphatic heterocycles. The number of hydrogen-bond donors (Lipinski definition) is 2. The van der Waals surface area contributed by atoms with Gasteiger partial charge in [0.1, 0.15) is 6.07 Å². The first-order valence-corrected chi connectivity index (χ1v) is 4.81. The van der Waals surface area contributed by atoms with Gasteiger partial charge < -0.3 is 10.5 Å². The van der Waals surface area contributed by atoms with Crippen molar-refractivity contribution in [2.75, 3.05) is 0 Å². The number of nitrogens with two attached hydrogens (primary N) is 1. The summed E-state index contributed by atoms with van der Waals surface area (Å²) in [6, 6.07) is 2.10. The Morgan fingerprint density at radius 1 is 1.67 bits per heavy atom. The number of nitriles is 1. The van der Waals surface area contributed by atoms with Crippen LogP contribution in [0.2, 0.25) is 0 Å². The highest BCUT2D eigenvalue weighted by molar-refractivity contribution is 5.48. The normalized spacial score (nSPS) is 19.4. The van der Waals surface area contributed by atoms with E-state index in [4.69, 9.17) is 15.7 Å². The number of fused-ring (bicyclic) bond motifs is 1. The maximum atomic E-state index is 9.02. The van der Waals surface area contributed by atoms with Crippen LogP contribution in [0.25, 0.3) is 0 Å². The van der Waals surface area contributed by atoms with E-state index in [9.17, 15) is 0 Å². The Labute approximate surface area is 87.5 Å². The third kappa shape index (κ3) is 1.26. The predicted octanol–water partition coefficient (Wildman–Crippen LogP) is 1.30. The molecule has 0 amide bonds. The van der Waals surface area contributed by atoms with Crippen molar-refractivity contribution < 1.29 is 4.74 Å². The van der Waals surface area contributed by atoms with Crippen LogP contribution >= 0.6 is 0 Å². The number of ether oxygens (including phenoxy) is 1. The fraction of sp³-hybridized carbons (Fsp3) is 0.400. The molecule has 0 fully saturated rings. The third-order valence-electron chi connectivity index (χ3n) is 2.66. The molecule has 0 aromatic carbocycles. The molecule has 3 N–H and O–H groups in total. The van der Waals surface area contributed by atoms with Crippen LogP contribution in [0.4, 0.5) is 0 Å². The van der Waals surface area contributed by atoms with Gasteiger partial charge in [-0.15, -0.1) is 5.10 Å². The molecule has 0 aliphatic carbocycles. The smallest absolute Gasteiger partial charge is 0.243 e. The molecular weight excluding hydrogens is 192 g/mol. The first kappa shape index (κ1) is 9.59. The number of aryl methyl sites for hydroxylation is 1. The van der Waals surface area contributed by atoms with E-state index in [2.05, 4.69) is 16.3 Å². The van der Waals surface area contributed by atoms with Gasteiger partial charge in [-0.25, -0.2) is 0 Å². The van der Waals surface area contributed by atoms with Crippen molar-refractivity contribution in [3.05, 3.63) is 22.7 Å². The van der Waals surface area contributed by atoms with Crippen LogP contribution < -0.4 is 10.5 Å². The van der Waals surface area contributed by atoms with Crippen LogP contribution in [-0.4, -0.2) is 10.2 Å². The molecule has 1 aromatic heterocycles. The standard InChI is InChI=1S/C10H12N4O/c1-3-6-7(4-11)9(12)15-10-8(6)5(2)13-14-10/h6H,3,12H2,1-2H3,(H,13,14)/t6-/m0/s1. The molecule has 0 saturated carbocycles. The molecule has 0 saturated heterocycles. The first-order chi connectivity index (χ1) is 7.19. The Bertz CT molecular complexity index is 466. The van der Waals surface area contributed by atoms with Gasteiger partial charge in [0.05, 0.1) is 5.57 Å². The number of hydrogen-bond acceptors (Lipinski definition) is 4. The summed E-state index contributed by atoms with van der Waals surface area (Å²) in [5, 5.41) is 15.9. The quantitative estimate of drug-likeness (QED) is 0.721. The van der Waals surface area contributed by atoms with Crippen molar-refractivity contribution in [3.63, 3.8) is 0 Å². The van der Waals surface area contributed by atoms with E-state index in [0.29, 0.717) is 11.5 Å². The van der Waals surface area contributed by atoms with Crippen LogP contribution in [0.1, 0.15) is 30.5 Å². The lowest BCUT2D eigenvalue weighted by atomic mass is 9.88. The lowest BCUT2D eigenvalue weighted by Crippen LogP contribution is -2.19. The molecule has 1 aliphatic rings. The second kappa shape index (κ2) is 3.31. The molecule has 1 aromatic rings. The van der Waals surface area contributed by atoms with Crippen LogP contribution in [0.3, 0.4) is 0 Å². The zero-order valence-electron chi connectivity index (χ0n) is 8.66. The molecule has 15 heavy (non-hydrogen) atoms. The maximum Gasteiger partial charge on any atom is 0.243 e. The maximum absolute atomic E-state index is 9.02. The number of allylic oxidation sites excluding steroid dienone is 1. The van der Waals surface area contributed by atoms with Crippen LogP contribution in [0, 0.1) is 18.3 Å². The van der Waals surface area contributed by atoms with Gasteiger partial charge in [-0.1, -0.05) is 6.92 Å². The predicted molar refractivity (Wildman–Crippen MR) is 53.8 cm³/mol. The van der Waals surface area contributed by atoms with Crippen molar-refractivity contribution >= 4 is 0 Å². The summed E-state index contributed by atoms with van der Waals surface area (Å²) < 4.78 is 5.28. The second-order valence-corrected chi connectivity index (χ2v) is 3.52. The average Bonchev–Trinajstić information content (AvgIpc) is 2.58. The summed E-state index contributed by atoms with van der Waals surface area (Å²) >= 11 is 0. The van der Waals surface area contributed by atoms with Gasteiger partial charge in [-0.2, -0.15) is 5.26 Å². The minimum Gasteiger partial charge on any atom is -0.420 e. The first-order valence-electron chi connectivity index (χ1n) is 4.81. The number of nitrogens with zero attached hydrogens (tertiary/aromatic N) is 2. The number of H-pyrrole nitrogens is 1. The Balaban J connectivity index is 2.57. The van der Waals surface area contributed by atoms with E-state index in [1.807, 2.05) is 13.8 Å². The summed E-state index contributed by atoms with van der Waals surface area (Å²) in [5.74, 6) is 0.664. The molecule has 0 radical (unpaired) electrons. The summed E-state index contributed by atoms with van der Waals surface area (Å²) in [4.78, 5) is 0. The summed E-state index contributed by atoms with van der Waals surface area (Å²) in [6.45, 7) is 3.92. The van der Waals surface area contributed by atoms with Crippen molar-refractivity contribution in [2.24, 2.45) is 5.73 Å². The zero-order valence-corrected chi connectivity index (χ0v) is 8.66. The van der Waals surface area contributed by atoms with E-state index >= 15 is 0 Å². The Morgan fingerprint density at radius 2 is 2.40 bits per heavy atom. The lowest BCUT2D eigenvalue weighted by Gasteiger charge is -2.21. The van der Waals surface area contributed by atoms with E-state index in [1.54, 1.807) is 0 Å². The molecule has 0 spiro atoms. The third-order valence-corrected chi connectivity index (χ3v) is 2.66. The molecule has 2 heterocycles. The second-order valence-electron chi connectivity index (χ2n) is 3.52. The van der Waals surface area contributed by atoms with Crippen molar-refractivity contribution in [3.8, 4) is 11.9 Å². The summed E-state index contributed by atoms with van der Waals surface area (Å²) in [7, 11) is 0. The molecular formula is C10H12N4O. The van der Waals surface area contributed by atoms with E-state index in [1.165, 1.54) is 0 Å². The van der Waals surface area contributed by atoms with Crippen molar-refractivity contribution in [2.45, 2.75) is 26.2 Å². The van der Waals surface area contributed by atoms with Gasteiger partial charge >= 0.3 is 0 Å². The number of aromatic amines is 1. The largest absolute Gasteiger partial charge is 0.420 e. The Kier molecular flexibility index (Phi) is 2.12. The minimum absolute atomic E-state index is 0.00231. The van der Waals surface area contributed by atoms with Gasteiger partial charge in [0.2, 0.25) is 11.8 Å². The van der Waals surface area contributed by atoms with Crippen molar-refractivity contribution in [1.29, 1.82) is 5.26 Å². The molecule has 0 bridgehead atoms. The van der Waals surface area contributed by atoms with Gasteiger partial charge in [0.15, 0.2) is 0 Å². The fourth-order valence-corrected chi connectivity index (χ4v) is 1.92. The highest BCUT2D eigenvalue weighted by Gasteiger charge is 2.31. The van der Waals surface area contributed by atoms with Crippen LogP contribution in [-0.2, 0) is 0 Å². The SMILES string of the molecule is CC[C@H]1C(C#N)=C(N)Oc2n[nH]c(C)c21. The Morgan fingerprint density at radius 3 is 3.00 bits per heavy atom. The summed E-state index contributed by atoms with van der Waals surface area (Å²) in [6.07, 6.45) is 0.806. The van der Waals surface area contributed by atoms with Crippen molar-refractivity contribution in [1.82, 2.24) is 10.2 Å². The van der Waals surface area contributed by atoms with E-state index < -0.39 is 0 Å². The number of aromatic nitrogens is 2. The van der Waals surface area contributed by atoms with Crippen LogP contribution in [0.5, 0.6) is 5.88 Å². The molecule has 2 rings (SSSR count). The molecule has 1 atom stereocenters. The molecule has 5 heteroatoms. The monoisotopic (exact) mass is 204 g/mol. The minimum atomic E-state index is -0.00231. The highest BCUT2D eigenvalue weighted by atomic mass is 16.5. The number of nitrogens with one attached hydrogen (secondary N) is 1. The Hall–Kier alpha value is -1.96. The average molecular weight is 204 g/mol. The molecule has 5 nitrogen and oxygen atoms in total. The van der Waals surface area contributed by atoms with E-state index in [-0.39, 0.29) is 11.8 Å². The van der Waals surface area contributed by atoms with Crippen LogP contribution in [0.15, 0.2) is 11.5 Å².